The topological polar surface area (TPSA) is 236 Å². The van der Waals surface area contributed by atoms with Crippen LogP contribution < -0.4 is 32.4 Å². The number of aromatic nitrogens is 1. The molecule has 0 unspecified atom stereocenters. The number of carboxylic acid groups (broad SMARTS) is 1. The van der Waals surface area contributed by atoms with Crippen molar-refractivity contribution in [2.75, 3.05) is 38.5 Å². The number of benzene rings is 2. The van der Waals surface area contributed by atoms with Crippen LogP contribution in [0.4, 0.5) is 4.79 Å². The standard InChI is InChI=1S/C43H54N8O8S/c44-30(25-27-15-16-32-29(24-27)40(55)28-10-1-2-11-31(28)46-32)41(56)51-21-8-7-20-50(22-9-23-51)38(54)18-17-37(53)47-33(42(57)58)12-5-6-19-45-36(52)14-4-3-13-35-39-34(26-60-35)48-43(59)49-39/h1-2,10-11,15-16,24,30,33-35,39H,3-6,9,12-14,17-23,25-26,44H2,(H,45,52)(H,46,55)(H,47,53)(H,57,58)(H2,48,49,59)/t30-,33-,34-,35-,39-/m0/s1. The maximum absolute atomic E-state index is 13.4. The summed E-state index contributed by atoms with van der Waals surface area (Å²) in [6, 6.07) is 11.0. The van der Waals surface area contributed by atoms with Crippen molar-refractivity contribution in [2.45, 2.75) is 100 Å². The summed E-state index contributed by atoms with van der Waals surface area (Å²) in [7, 11) is 0. The molecule has 0 aliphatic carbocycles. The molecule has 6 rings (SSSR count). The van der Waals surface area contributed by atoms with Gasteiger partial charge in [0.25, 0.3) is 0 Å². The fourth-order valence-electron chi connectivity index (χ4n) is 7.95. The quantitative estimate of drug-likeness (QED) is 0.0426. The molecule has 16 nitrogen and oxygen atoms in total. The van der Waals surface area contributed by atoms with E-state index in [1.54, 1.807) is 17.0 Å². The van der Waals surface area contributed by atoms with Gasteiger partial charge in [-0.15, -0.1) is 0 Å². The number of pyridine rings is 1. The Balaban J connectivity index is 0.852. The predicted octanol–water partition coefficient (Wildman–Crippen LogP) is 1.98. The summed E-state index contributed by atoms with van der Waals surface area (Å²) < 4.78 is 0. The number of unbranched alkanes of at least 4 members (excludes halogenated alkanes) is 2. The Hall–Kier alpha value is -5.60. The van der Waals surface area contributed by atoms with Crippen LogP contribution >= 0.6 is 11.8 Å². The molecule has 1 aromatic heterocycles. The van der Waals surface area contributed by atoms with E-state index in [1.807, 2.05) is 42.1 Å². The molecular weight excluding hydrogens is 789 g/mol. The van der Waals surface area contributed by atoms with Gasteiger partial charge < -0.3 is 46.9 Å². The highest BCUT2D eigenvalue weighted by molar-refractivity contribution is 8.00. The van der Waals surface area contributed by atoms with Crippen molar-refractivity contribution in [3.8, 4) is 11.8 Å². The summed E-state index contributed by atoms with van der Waals surface area (Å²) in [6.07, 6.45) is 4.53. The number of carbonyl (C=O) groups is 6. The number of aromatic amines is 1. The van der Waals surface area contributed by atoms with Gasteiger partial charge in [-0.1, -0.05) is 36.5 Å². The van der Waals surface area contributed by atoms with Crippen molar-refractivity contribution in [1.82, 2.24) is 36.1 Å². The number of thioether (sulfide) groups is 1. The summed E-state index contributed by atoms with van der Waals surface area (Å²) in [5.41, 5.74) is 8.50. The first kappa shape index (κ1) is 44.0. The molecule has 8 N–H and O–H groups in total. The van der Waals surface area contributed by atoms with E-state index in [-0.39, 0.29) is 80.0 Å². The lowest BCUT2D eigenvalue weighted by atomic mass is 10.0. The number of amides is 6. The number of urea groups is 1. The van der Waals surface area contributed by atoms with Gasteiger partial charge >= 0.3 is 12.0 Å². The Kier molecular flexibility index (Phi) is 15.4. The third-order valence-electron chi connectivity index (χ3n) is 11.2. The normalized spacial score (nSPS) is 19.8. The van der Waals surface area contributed by atoms with E-state index in [1.165, 1.54) is 4.90 Å². The molecule has 0 bridgehead atoms. The summed E-state index contributed by atoms with van der Waals surface area (Å²) in [6.45, 7) is 1.30. The molecular formula is C43H54N8O8S. The van der Waals surface area contributed by atoms with Crippen LogP contribution in [0.5, 0.6) is 0 Å². The van der Waals surface area contributed by atoms with Gasteiger partial charge in [-0.2, -0.15) is 11.8 Å². The van der Waals surface area contributed by atoms with Gasteiger partial charge in [0.05, 0.1) is 31.2 Å². The molecule has 0 spiro atoms. The Morgan fingerprint density at radius 1 is 0.883 bits per heavy atom. The van der Waals surface area contributed by atoms with Crippen LogP contribution in [-0.4, -0.2) is 123 Å². The van der Waals surface area contributed by atoms with E-state index in [4.69, 9.17) is 5.73 Å². The van der Waals surface area contributed by atoms with Crippen molar-refractivity contribution >= 4 is 69.2 Å². The highest BCUT2D eigenvalue weighted by Crippen LogP contribution is 2.33. The lowest BCUT2D eigenvalue weighted by Gasteiger charge is -2.25. The molecule has 2 fully saturated rings. The SMILES string of the molecule is N[C@@H](Cc1ccc2[nH]c3ccccc3c(=O)c2c1)C(=O)N1CC#CCN(C(=O)CCC(=O)N[C@@H](CCCCNC(=O)CCCC[C@@H]2SC[C@@H]3NC(=O)N[C@@H]32)C(=O)O)CCC1. The Labute approximate surface area is 352 Å². The minimum Gasteiger partial charge on any atom is -0.480 e. The first-order valence-electron chi connectivity index (χ1n) is 20.8. The highest BCUT2D eigenvalue weighted by Gasteiger charge is 2.42. The number of nitrogens with zero attached hydrogens (tertiary/aromatic N) is 2. The number of carbonyl (C=O) groups excluding carboxylic acids is 5. The number of H-pyrrole nitrogens is 1. The molecule has 320 valence electrons. The second-order valence-corrected chi connectivity index (χ2v) is 16.9. The number of aliphatic carboxylic acids is 1. The summed E-state index contributed by atoms with van der Waals surface area (Å²) in [4.78, 5) is 94.5. The average Bonchev–Trinajstić information content (AvgIpc) is 3.82. The maximum Gasteiger partial charge on any atom is 0.326 e. The van der Waals surface area contributed by atoms with Crippen molar-refractivity contribution in [3.63, 3.8) is 0 Å². The third kappa shape index (κ3) is 11.8. The number of nitrogens with one attached hydrogen (secondary N) is 5. The number of carboxylic acids is 1. The summed E-state index contributed by atoms with van der Waals surface area (Å²) in [5, 5.41) is 22.5. The fourth-order valence-corrected chi connectivity index (χ4v) is 9.50. The lowest BCUT2D eigenvalue weighted by Crippen LogP contribution is -2.46. The summed E-state index contributed by atoms with van der Waals surface area (Å²) >= 11 is 1.85. The van der Waals surface area contributed by atoms with Crippen molar-refractivity contribution in [1.29, 1.82) is 0 Å². The number of nitrogens with two attached hydrogens (primary N) is 1. The molecule has 3 aliphatic rings. The highest BCUT2D eigenvalue weighted by atomic mass is 32.2. The maximum atomic E-state index is 13.4. The number of hydrogen-bond donors (Lipinski definition) is 7. The zero-order valence-corrected chi connectivity index (χ0v) is 34.5. The second kappa shape index (κ2) is 21.1. The predicted molar refractivity (Wildman–Crippen MR) is 229 cm³/mol. The van der Waals surface area contributed by atoms with Crippen molar-refractivity contribution < 1.29 is 33.9 Å². The van der Waals surface area contributed by atoms with E-state index in [2.05, 4.69) is 38.1 Å². The average molecular weight is 843 g/mol. The minimum atomic E-state index is -1.17. The van der Waals surface area contributed by atoms with Crippen LogP contribution in [-0.2, 0) is 30.4 Å². The molecule has 2 saturated heterocycles. The molecule has 3 aliphatic heterocycles. The van der Waals surface area contributed by atoms with Gasteiger partial charge in [-0.3, -0.25) is 24.0 Å². The lowest BCUT2D eigenvalue weighted by molar-refractivity contribution is -0.142. The van der Waals surface area contributed by atoms with E-state index < -0.39 is 24.0 Å². The molecule has 2 aromatic carbocycles. The Morgan fingerprint density at radius 2 is 1.65 bits per heavy atom. The molecule has 3 aromatic rings. The molecule has 6 amide bonds. The fraction of sp³-hybridized carbons (Fsp3) is 0.512. The largest absolute Gasteiger partial charge is 0.480 e. The number of fused-ring (bicyclic) bond motifs is 3. The van der Waals surface area contributed by atoms with Crippen LogP contribution in [0.1, 0.15) is 69.8 Å². The second-order valence-electron chi connectivity index (χ2n) is 15.6. The molecule has 0 radical (unpaired) electrons. The van der Waals surface area contributed by atoms with Gasteiger partial charge in [0, 0.05) is 71.7 Å². The monoisotopic (exact) mass is 842 g/mol. The van der Waals surface area contributed by atoms with Crippen molar-refractivity contribution in [2.24, 2.45) is 5.73 Å². The first-order valence-corrected chi connectivity index (χ1v) is 21.8. The van der Waals surface area contributed by atoms with Crippen LogP contribution in [0.3, 0.4) is 0 Å². The Morgan fingerprint density at radius 3 is 2.47 bits per heavy atom. The first-order chi connectivity index (χ1) is 29.0. The van der Waals surface area contributed by atoms with Crippen LogP contribution in [0.2, 0.25) is 0 Å². The van der Waals surface area contributed by atoms with Crippen LogP contribution in [0, 0.1) is 11.8 Å². The zero-order valence-electron chi connectivity index (χ0n) is 33.6. The third-order valence-corrected chi connectivity index (χ3v) is 12.8. The van der Waals surface area contributed by atoms with E-state index in [0.29, 0.717) is 66.9 Å². The number of para-hydroxylation sites is 1. The molecule has 0 saturated carbocycles. The Bertz CT molecular complexity index is 2200. The van der Waals surface area contributed by atoms with Crippen LogP contribution in [0.15, 0.2) is 47.3 Å². The molecule has 17 heteroatoms. The van der Waals surface area contributed by atoms with Crippen molar-refractivity contribution in [3.05, 3.63) is 58.3 Å². The van der Waals surface area contributed by atoms with Gasteiger partial charge in [0.1, 0.15) is 6.04 Å². The van der Waals surface area contributed by atoms with Gasteiger partial charge in [-0.25, -0.2) is 9.59 Å². The summed E-state index contributed by atoms with van der Waals surface area (Å²) in [5.74, 6) is 4.43. The zero-order chi connectivity index (χ0) is 42.6. The van der Waals surface area contributed by atoms with E-state index >= 15 is 0 Å². The van der Waals surface area contributed by atoms with E-state index in [9.17, 15) is 38.7 Å². The molecule has 4 heterocycles. The smallest absolute Gasteiger partial charge is 0.326 e. The van der Waals surface area contributed by atoms with E-state index in [0.717, 1.165) is 36.1 Å². The molecule has 60 heavy (non-hydrogen) atoms. The van der Waals surface area contributed by atoms with Gasteiger partial charge in [0.2, 0.25) is 23.6 Å². The van der Waals surface area contributed by atoms with Gasteiger partial charge in [-0.05, 0) is 74.8 Å². The van der Waals surface area contributed by atoms with Gasteiger partial charge in [0.15, 0.2) is 5.43 Å². The number of rotatable bonds is 18. The number of hydrogen-bond acceptors (Lipinski definition) is 9. The van der Waals surface area contributed by atoms with Crippen LogP contribution in [0.25, 0.3) is 21.8 Å². The minimum absolute atomic E-state index is 0.0605. The molecule has 5 atom stereocenters.